The molecule has 0 saturated carbocycles. The van der Waals surface area contributed by atoms with Crippen molar-refractivity contribution in [2.24, 2.45) is 0 Å². The van der Waals surface area contributed by atoms with E-state index in [0.29, 0.717) is 22.0 Å². The van der Waals surface area contributed by atoms with Crippen LogP contribution in [0.4, 0.5) is 9.59 Å². The molecule has 0 rings (SSSR count). The van der Waals surface area contributed by atoms with Crippen LogP contribution in [-0.2, 0) is 0 Å². The number of amides is 2. The molecule has 0 aliphatic carbocycles. The molecule has 0 aromatic rings. The standard InChI is InChI=1S/C2H4N2O4S2/c5-1(6)3-9-10-4-2(7)8/h3-4H,(H,5,6)(H,7,8). The van der Waals surface area contributed by atoms with Crippen molar-refractivity contribution in [2.45, 2.75) is 0 Å². The van der Waals surface area contributed by atoms with E-state index in [0.717, 1.165) is 0 Å². The lowest BCUT2D eigenvalue weighted by molar-refractivity contribution is 0.200. The zero-order valence-corrected chi connectivity index (χ0v) is 6.16. The summed E-state index contributed by atoms with van der Waals surface area (Å²) in [6.07, 6.45) is -2.44. The highest BCUT2D eigenvalue weighted by Crippen LogP contribution is 2.10. The van der Waals surface area contributed by atoms with Gasteiger partial charge in [0.05, 0.1) is 0 Å². The Morgan fingerprint density at radius 3 is 1.50 bits per heavy atom. The summed E-state index contributed by atoms with van der Waals surface area (Å²) >= 11 is 0. The van der Waals surface area contributed by atoms with Gasteiger partial charge in [0.15, 0.2) is 0 Å². The second-order valence-corrected chi connectivity index (χ2v) is 2.72. The van der Waals surface area contributed by atoms with Crippen molar-refractivity contribution in [3.8, 4) is 0 Å². The average molecular weight is 184 g/mol. The third-order valence-electron chi connectivity index (χ3n) is 0.300. The molecule has 0 unspecified atom stereocenters. The van der Waals surface area contributed by atoms with Gasteiger partial charge in [-0.1, -0.05) is 0 Å². The molecular formula is C2H4N2O4S2. The first-order valence-electron chi connectivity index (χ1n) is 1.93. The predicted octanol–water partition coefficient (Wildman–Crippen LogP) is 0.733. The van der Waals surface area contributed by atoms with E-state index in [-0.39, 0.29) is 0 Å². The Kier molecular flexibility index (Phi) is 4.67. The van der Waals surface area contributed by atoms with Crippen LogP contribution in [0.3, 0.4) is 0 Å². The molecule has 0 saturated heterocycles. The fourth-order valence-electron chi connectivity index (χ4n) is 0.113. The van der Waals surface area contributed by atoms with Crippen molar-refractivity contribution in [3.63, 3.8) is 0 Å². The van der Waals surface area contributed by atoms with Crippen LogP contribution < -0.4 is 9.44 Å². The molecular weight excluding hydrogens is 180 g/mol. The molecule has 6 nitrogen and oxygen atoms in total. The largest absolute Gasteiger partial charge is 0.464 e. The van der Waals surface area contributed by atoms with Gasteiger partial charge in [0.1, 0.15) is 0 Å². The third kappa shape index (κ3) is 7.24. The lowest BCUT2D eigenvalue weighted by Crippen LogP contribution is -2.14. The van der Waals surface area contributed by atoms with Gasteiger partial charge < -0.3 is 10.2 Å². The van der Waals surface area contributed by atoms with Crippen molar-refractivity contribution in [2.75, 3.05) is 0 Å². The monoisotopic (exact) mass is 184 g/mol. The van der Waals surface area contributed by atoms with E-state index in [1.165, 1.54) is 0 Å². The molecule has 0 atom stereocenters. The van der Waals surface area contributed by atoms with E-state index in [1.807, 2.05) is 9.44 Å². The molecule has 0 spiro atoms. The van der Waals surface area contributed by atoms with Gasteiger partial charge >= 0.3 is 12.2 Å². The lowest BCUT2D eigenvalue weighted by atomic mass is 11.3. The van der Waals surface area contributed by atoms with Crippen LogP contribution in [-0.4, -0.2) is 22.4 Å². The molecule has 8 heteroatoms. The molecule has 58 valence electrons. The number of carboxylic acid groups (broad SMARTS) is 2. The van der Waals surface area contributed by atoms with E-state index in [1.54, 1.807) is 0 Å². The van der Waals surface area contributed by atoms with Crippen molar-refractivity contribution in [1.82, 2.24) is 9.44 Å². The summed E-state index contributed by atoms with van der Waals surface area (Å²) in [5.74, 6) is 0. The van der Waals surface area contributed by atoms with Gasteiger partial charge in [-0.25, -0.2) is 9.59 Å². The first kappa shape index (κ1) is 9.24. The second kappa shape index (κ2) is 5.06. The summed E-state index contributed by atoms with van der Waals surface area (Å²) in [6.45, 7) is 0. The minimum atomic E-state index is -1.22. The molecule has 0 aromatic carbocycles. The summed E-state index contributed by atoms with van der Waals surface area (Å²) in [6, 6.07) is 0. The van der Waals surface area contributed by atoms with Gasteiger partial charge in [-0.05, 0) is 0 Å². The van der Waals surface area contributed by atoms with Crippen LogP contribution in [0.5, 0.6) is 0 Å². The Labute approximate surface area is 64.0 Å². The van der Waals surface area contributed by atoms with Crippen LogP contribution in [0, 0.1) is 0 Å². The van der Waals surface area contributed by atoms with Crippen molar-refractivity contribution in [3.05, 3.63) is 0 Å². The molecule has 0 aliphatic heterocycles. The minimum absolute atomic E-state index is 0.665. The Bertz CT molecular complexity index is 123. The second-order valence-electron chi connectivity index (χ2n) is 0.981. The molecule has 0 aliphatic rings. The topological polar surface area (TPSA) is 98.7 Å². The smallest absolute Gasteiger partial charge is 0.415 e. The van der Waals surface area contributed by atoms with Crippen LogP contribution >= 0.6 is 22.0 Å². The Morgan fingerprint density at radius 1 is 1.00 bits per heavy atom. The molecule has 0 radical (unpaired) electrons. The van der Waals surface area contributed by atoms with Crippen LogP contribution in [0.25, 0.3) is 0 Å². The number of rotatable bonds is 3. The molecule has 4 N–H and O–H groups in total. The van der Waals surface area contributed by atoms with Crippen LogP contribution in [0.1, 0.15) is 0 Å². The zero-order valence-electron chi connectivity index (χ0n) is 4.53. The van der Waals surface area contributed by atoms with Crippen LogP contribution in [0.15, 0.2) is 0 Å². The predicted molar refractivity (Wildman–Crippen MR) is 37.5 cm³/mol. The van der Waals surface area contributed by atoms with Gasteiger partial charge in [0, 0.05) is 22.0 Å². The van der Waals surface area contributed by atoms with E-state index < -0.39 is 12.2 Å². The van der Waals surface area contributed by atoms with E-state index in [4.69, 9.17) is 10.2 Å². The quantitative estimate of drug-likeness (QED) is 0.293. The first-order valence-corrected chi connectivity index (χ1v) is 4.08. The van der Waals surface area contributed by atoms with Gasteiger partial charge in [-0.2, -0.15) is 0 Å². The number of carbonyl (C=O) groups is 2. The zero-order chi connectivity index (χ0) is 7.98. The molecule has 2 amide bonds. The maximum atomic E-state index is 9.72. The summed E-state index contributed by atoms with van der Waals surface area (Å²) in [7, 11) is 1.33. The van der Waals surface area contributed by atoms with Crippen LogP contribution in [0.2, 0.25) is 0 Å². The number of hydrogen-bond donors (Lipinski definition) is 4. The normalized spacial score (nSPS) is 8.40. The maximum absolute atomic E-state index is 9.72. The maximum Gasteiger partial charge on any atom is 0.415 e. The van der Waals surface area contributed by atoms with Crippen molar-refractivity contribution >= 4 is 34.1 Å². The van der Waals surface area contributed by atoms with Crippen molar-refractivity contribution in [1.29, 1.82) is 0 Å². The van der Waals surface area contributed by atoms with E-state index in [9.17, 15) is 9.59 Å². The highest BCUT2D eigenvalue weighted by Gasteiger charge is 1.96. The summed E-state index contributed by atoms with van der Waals surface area (Å²) in [5, 5.41) is 15.9. The van der Waals surface area contributed by atoms with E-state index >= 15 is 0 Å². The highest BCUT2D eigenvalue weighted by molar-refractivity contribution is 8.75. The van der Waals surface area contributed by atoms with Gasteiger partial charge in [-0.15, -0.1) is 0 Å². The molecule has 0 bridgehead atoms. The minimum Gasteiger partial charge on any atom is -0.464 e. The van der Waals surface area contributed by atoms with Gasteiger partial charge in [0.2, 0.25) is 0 Å². The third-order valence-corrected chi connectivity index (χ3v) is 1.65. The number of hydrogen-bond acceptors (Lipinski definition) is 4. The SMILES string of the molecule is O=C(O)NSSNC(=O)O. The fourth-order valence-corrected chi connectivity index (χ4v) is 1.02. The molecule has 0 aromatic heterocycles. The van der Waals surface area contributed by atoms with E-state index in [2.05, 4.69) is 0 Å². The van der Waals surface area contributed by atoms with Crippen molar-refractivity contribution < 1.29 is 19.8 Å². The fraction of sp³-hybridized carbons (Fsp3) is 0. The van der Waals surface area contributed by atoms with Gasteiger partial charge in [-0.3, -0.25) is 9.44 Å². The number of nitrogens with one attached hydrogen (secondary N) is 2. The van der Waals surface area contributed by atoms with Gasteiger partial charge in [0.25, 0.3) is 0 Å². The average Bonchev–Trinajstić information content (AvgIpc) is 1.79. The first-order chi connectivity index (χ1) is 4.63. The Balaban J connectivity index is 3.06. The summed E-state index contributed by atoms with van der Waals surface area (Å²) in [4.78, 5) is 19.4. The summed E-state index contributed by atoms with van der Waals surface area (Å²) < 4.78 is 3.74. The summed E-state index contributed by atoms with van der Waals surface area (Å²) in [5.41, 5.74) is 0. The molecule has 0 heterocycles. The molecule has 0 fully saturated rings. The molecule has 10 heavy (non-hydrogen) atoms. The Morgan fingerprint density at radius 2 is 1.30 bits per heavy atom. The highest BCUT2D eigenvalue weighted by atomic mass is 33.1. The Hall–Kier alpha value is -0.760. The lowest BCUT2D eigenvalue weighted by Gasteiger charge is -1.96.